The molecule has 42 atom stereocenters. The molecule has 11 aliphatic rings. The monoisotopic (exact) mass is 3700 g/mol. The van der Waals surface area contributed by atoms with Crippen LogP contribution < -0.4 is 0 Å². The molecule has 0 aliphatic carbocycles. The number of alkyl halides is 3. The Kier molecular flexibility index (Phi) is 96.6. The van der Waals surface area contributed by atoms with Gasteiger partial charge in [0.15, 0.2) is 42.5 Å². The molecular weight excluding hydrogens is 3570 g/mol. The molecule has 11 heterocycles. The van der Waals surface area contributed by atoms with Crippen molar-refractivity contribution in [2.75, 3.05) is 86.2 Å². The largest absolute Gasteiger partial charge is 0.445 e. The Morgan fingerprint density at radius 3 is 0.851 bits per heavy atom. The van der Waals surface area contributed by atoms with Crippen molar-refractivity contribution >= 4 is 197 Å². The van der Waals surface area contributed by atoms with E-state index in [2.05, 4.69) is 50.3 Å². The number of hydrogen-bond donors (Lipinski definition) is 13. The predicted molar refractivity (Wildman–Crippen MR) is 501 cm³/mol. The summed E-state index contributed by atoms with van der Waals surface area (Å²) in [6, 6.07) is 0. The Labute approximate surface area is 1140 Å². The van der Waals surface area contributed by atoms with Crippen molar-refractivity contribution in [3.63, 3.8) is 0 Å². The van der Waals surface area contributed by atoms with Crippen molar-refractivity contribution < 1.29 is 562 Å². The summed E-state index contributed by atoms with van der Waals surface area (Å²) in [5, 5.41) is 121. The molecule has 0 aromatic heterocycles. The first kappa shape index (κ1) is 161. The quantitative estimate of drug-likeness (QED) is 0.0251. The second-order valence-electron chi connectivity index (χ2n) is 32.0. The molecule has 11 aliphatic heterocycles. The molecule has 749 valence electrons. The number of rotatable bonds is 21. The van der Waals surface area contributed by atoms with Gasteiger partial charge in [0.1, 0.15) is 154 Å². The number of nitrogens with one attached hydrogen (secondary N) is 1. The summed E-state index contributed by atoms with van der Waals surface area (Å²) in [4.78, 5) is 0. The van der Waals surface area contributed by atoms with Gasteiger partial charge in [-0.15, -0.1) is 45.6 Å². The molecule has 0 aromatic carbocycles. The number of ether oxygens (including phenoxy) is 15. The summed E-state index contributed by atoms with van der Waals surface area (Å²) in [7, 11) is 35.8. The summed E-state index contributed by atoms with van der Waals surface area (Å²) in [6.07, 6.45) is -21.1. The maximum atomic E-state index is 10.3. The molecule has 0 bridgehead atoms. The van der Waals surface area contributed by atoms with Gasteiger partial charge in [-0.1, -0.05) is 68.9 Å². The summed E-state index contributed by atoms with van der Waals surface area (Å²) < 4.78 is 135. The first-order valence-corrected chi connectivity index (χ1v) is 53.3. The zero-order chi connectivity index (χ0) is 95.2. The second-order valence-corrected chi connectivity index (χ2v) is 45.5. The van der Waals surface area contributed by atoms with Gasteiger partial charge in [0.05, 0.1) is 102 Å². The fourth-order valence-corrected chi connectivity index (χ4v) is 17.4. The molecule has 0 aromatic rings. The van der Waals surface area contributed by atoms with E-state index in [1.807, 2.05) is 75.4 Å². The SMILES string of the molecule is CC1(C)O[C@H]2OC[C@@H](O)[C@H](O)[C@H]2O1.CC1(C)O[C@H]2OC[C@@H](O)[C@H](O)[C@H]2O1.OC1OC[C@H](O)[C@H](O)[C@H]1O.[Ac].[Ac].[Ac].[Ac].[Ac].[Ac].[Ac].[Ar].[Ar].[B]P(C)O[C@@H]1[C@@H](O)[C@H](C)OC[C@H]1OB(C)P.[B]P(C)O[C@@H]1[C@@H](O)[C@H](C)OC[C@H]1OB(C)P.[B]P(C)O[C@@H]1[C@@H](O)[C@H](C)OC[C@H]1OB(C)P.[B]P(C)O[C@@H]1[C@H]2OC(C)(C)O[C@H]2OC[C@H]1OB(C)P.[B]P(C)O[C@H]1[C@H](OB(C)P)COC(OC(=N)C(Cl)(Cl)Cl)[C@@H]1O. The molecular formula is C64H128Ac7Ar2B10Cl3NO37P10. The molecule has 12 unspecified atom stereocenters. The molecule has 0 amide bonds. The van der Waals surface area contributed by atoms with E-state index in [9.17, 15) is 40.9 Å². The van der Waals surface area contributed by atoms with E-state index >= 15 is 0 Å². The normalized spacial score (nSPS) is 37.0. The van der Waals surface area contributed by atoms with E-state index in [1.54, 1.807) is 54.4 Å². The van der Waals surface area contributed by atoms with E-state index in [1.165, 1.54) is 0 Å². The topological polar surface area (TPSA) is 497 Å². The van der Waals surface area contributed by atoms with Crippen molar-refractivity contribution in [2.45, 2.75) is 314 Å². The maximum Gasteiger partial charge on any atom is 0.312 e. The van der Waals surface area contributed by atoms with E-state index in [0.29, 0.717) is 26.4 Å². The van der Waals surface area contributed by atoms with Gasteiger partial charge in [0.25, 0.3) is 3.79 Å². The molecule has 13 N–H and O–H groups in total. The van der Waals surface area contributed by atoms with Gasteiger partial charge >= 0.3 is 33.2 Å². The van der Waals surface area contributed by atoms with E-state index in [4.69, 9.17) is 211 Å². The Bertz CT molecular complexity index is 2930. The number of aliphatic hydroxyl groups excluding tert-OH is 12. The number of halogens is 3. The maximum absolute atomic E-state index is 10.3. The molecule has 11 saturated heterocycles. The molecule has 0 saturated carbocycles. The average molecular weight is 3700 g/mol. The van der Waals surface area contributed by atoms with Crippen LogP contribution in [-0.4, -0.2) is 442 Å². The van der Waals surface area contributed by atoms with Crippen LogP contribution in [0.15, 0.2) is 0 Å². The number of aliphatic hydroxyl groups is 12. The second kappa shape index (κ2) is 80.4. The Morgan fingerprint density at radius 1 is 0.343 bits per heavy atom. The summed E-state index contributed by atoms with van der Waals surface area (Å²) in [6.45, 7) is 36.1. The number of fused-ring (bicyclic) bond motifs is 3. The molecule has 0 spiro atoms. The third-order valence-corrected chi connectivity index (χ3v) is 22.8. The zero-order valence-corrected chi connectivity index (χ0v) is 126. The van der Waals surface area contributed by atoms with Crippen LogP contribution in [0, 0.1) is 389 Å². The van der Waals surface area contributed by atoms with Crippen LogP contribution in [0.2, 0.25) is 34.1 Å². The number of hydrogen-bond acceptors (Lipinski definition) is 38. The third-order valence-electron chi connectivity index (χ3n) is 18.6. The third kappa shape index (κ3) is 59.7. The molecule has 134 heavy (non-hydrogen) atoms. The van der Waals surface area contributed by atoms with Gasteiger partial charge in [0.2, 0.25) is 12.2 Å². The summed E-state index contributed by atoms with van der Waals surface area (Å²) in [5.41, 5.74) is 0. The van der Waals surface area contributed by atoms with Crippen LogP contribution in [0.3, 0.4) is 0 Å². The Morgan fingerprint density at radius 2 is 0.575 bits per heavy atom. The predicted octanol–water partition coefficient (Wildman–Crippen LogP) is 1.08. The minimum Gasteiger partial charge on any atom is -0.445 e. The summed E-state index contributed by atoms with van der Waals surface area (Å²) in [5.74, 6) is -2.84. The van der Waals surface area contributed by atoms with Gasteiger partial charge in [-0.05, 0) is 136 Å². The van der Waals surface area contributed by atoms with Crippen LogP contribution in [0.1, 0.15) is 62.3 Å². The van der Waals surface area contributed by atoms with Crippen LogP contribution in [0.5, 0.6) is 0 Å². The van der Waals surface area contributed by atoms with Crippen LogP contribution in [0.25, 0.3) is 0 Å². The average Bonchev–Trinajstić information content (AvgIpc) is 1.65. The Hall–Kier alpha value is 16.5. The minimum atomic E-state index is -2.05. The van der Waals surface area contributed by atoms with Crippen LogP contribution in [0.4, 0.5) is 0 Å². The van der Waals surface area contributed by atoms with Crippen molar-refractivity contribution in [2.24, 2.45) is 0 Å². The fraction of sp³-hybridized carbons (Fsp3) is 0.984. The zero-order valence-electron chi connectivity index (χ0n) is 78.5. The first-order valence-electron chi connectivity index (χ1n) is 40.0. The standard InChI is InChI=1S/C10H20B2O5P2.C9H16B2Cl3NO5P2.3C8H18B2O4P2.2C8H14O5.C5H10O5.7Ac.2Ar/c1-10(2)14-8-7(17-19(4)11)6(16-12(3)18)5-13-9(8)15-10;1-11(21)19-4-3-17-7(18-8(15)9(12,13)14)5(16)6(4)20-22(2)10;3*1-5-7(11)8(14-16(3)9)6(4-12-5)13-10(2)15;2*1-8(2)12-6-5(10)4(9)3-11-7(6)13-8;6-2-1-10-5(9)4(8)3(2)7;;;;;;;;;/h6-9H,5,18H2,1-4H3;4-7,15-16H,3,21H2,1-2H3;3*5-8,11H,4,15H2,1-3H3;2*4-7,9-10H,3H2,1-2H3;2-9H,1H2;;;;;;;;;/t6-,7+,8-,9-,19?;4-,5-,6+,7?,22?;3*5-,6+,7-,8-,16?;2*4-,5+,6-,7-;2-,3-,4+,5?;;;;;;;;;/m11000110........./s1. The van der Waals surface area contributed by atoms with Gasteiger partial charge in [-0.3, -0.25) is 5.41 Å². The fourth-order valence-electron chi connectivity index (χ4n) is 13.0. The molecule has 38 nitrogen and oxygen atoms in total. The van der Waals surface area contributed by atoms with Crippen LogP contribution >= 0.6 is 121 Å². The molecule has 11 fully saturated rings. The van der Waals surface area contributed by atoms with E-state index < -0.39 is 209 Å². The van der Waals surface area contributed by atoms with Gasteiger partial charge < -0.3 is 178 Å². The van der Waals surface area contributed by atoms with Crippen molar-refractivity contribution in [1.29, 1.82) is 5.41 Å². The summed E-state index contributed by atoms with van der Waals surface area (Å²) >= 11 is 16.6. The van der Waals surface area contributed by atoms with E-state index in [0.717, 1.165) is 0 Å². The van der Waals surface area contributed by atoms with Gasteiger partial charge in [-0.25, -0.2) is 0 Å². The van der Waals surface area contributed by atoms with Crippen molar-refractivity contribution in [3.05, 3.63) is 0 Å². The van der Waals surface area contributed by atoms with Crippen molar-refractivity contribution in [3.8, 4) is 0 Å². The molecule has 17 radical (unpaired) electrons. The smallest absolute Gasteiger partial charge is 0.312 e. The first-order chi connectivity index (χ1) is 57.7. The molecule has 70 heteroatoms. The van der Waals surface area contributed by atoms with Gasteiger partial charge in [0, 0.05) is 384 Å². The van der Waals surface area contributed by atoms with Gasteiger partial charge in [-0.2, -0.15) is 0 Å². The minimum absolute atomic E-state index is 0. The van der Waals surface area contributed by atoms with Crippen molar-refractivity contribution in [1.82, 2.24) is 0 Å². The Balaban J connectivity index is -0.000000349. The van der Waals surface area contributed by atoms with Crippen LogP contribution in [-0.2, 0) is 117 Å². The van der Waals surface area contributed by atoms with E-state index in [-0.39, 0.29) is 498 Å². The molecule has 11 rings (SSSR count).